The molecule has 1 aromatic carbocycles. The van der Waals surface area contributed by atoms with Crippen molar-refractivity contribution in [3.05, 3.63) is 35.9 Å². The summed E-state index contributed by atoms with van der Waals surface area (Å²) in [5.41, 5.74) is 0.749. The smallest absolute Gasteiger partial charge is 0.305 e. The highest BCUT2D eigenvalue weighted by molar-refractivity contribution is 5.94. The molecule has 0 saturated carbocycles. The van der Waals surface area contributed by atoms with Gasteiger partial charge in [-0.05, 0) is 18.6 Å². The highest BCUT2D eigenvalue weighted by Crippen LogP contribution is 1.97. The molecule has 0 radical (unpaired) electrons. The van der Waals surface area contributed by atoms with Crippen molar-refractivity contribution in [1.82, 2.24) is 5.32 Å². The van der Waals surface area contributed by atoms with E-state index in [1.165, 1.54) is 0 Å². The van der Waals surface area contributed by atoms with E-state index >= 15 is 0 Å². The van der Waals surface area contributed by atoms with E-state index in [1.807, 2.05) is 25.1 Å². The third-order valence-electron chi connectivity index (χ3n) is 2.34. The van der Waals surface area contributed by atoms with Gasteiger partial charge in [-0.15, -0.1) is 0 Å². The van der Waals surface area contributed by atoms with Gasteiger partial charge in [-0.3, -0.25) is 9.59 Å². The topological polar surface area (TPSA) is 66.4 Å². The van der Waals surface area contributed by atoms with Crippen LogP contribution in [0.2, 0.25) is 0 Å². The van der Waals surface area contributed by atoms with Crippen molar-refractivity contribution in [2.24, 2.45) is 0 Å². The van der Waals surface area contributed by atoms with Gasteiger partial charge < -0.3 is 10.4 Å². The summed E-state index contributed by atoms with van der Waals surface area (Å²) in [5, 5.41) is 11.2. The van der Waals surface area contributed by atoms with Crippen LogP contribution in [-0.4, -0.2) is 23.0 Å². The monoisotopic (exact) mass is 245 g/mol. The van der Waals surface area contributed by atoms with Crippen LogP contribution in [0, 0.1) is 11.8 Å². The fourth-order valence-corrected chi connectivity index (χ4v) is 1.38. The van der Waals surface area contributed by atoms with Gasteiger partial charge in [0.05, 0.1) is 6.42 Å². The Balaban J connectivity index is 2.56. The number of carboxylic acid groups (broad SMARTS) is 1. The molecule has 1 unspecified atom stereocenters. The van der Waals surface area contributed by atoms with E-state index < -0.39 is 11.9 Å². The van der Waals surface area contributed by atoms with Crippen LogP contribution in [0.3, 0.4) is 0 Å². The fourth-order valence-electron chi connectivity index (χ4n) is 1.38. The first-order valence-electron chi connectivity index (χ1n) is 5.71. The number of carbonyl (C=O) groups excluding carboxylic acids is 1. The second-order valence-electron chi connectivity index (χ2n) is 3.79. The number of rotatable bonds is 4. The third-order valence-corrected chi connectivity index (χ3v) is 2.34. The minimum atomic E-state index is -0.932. The second-order valence-corrected chi connectivity index (χ2v) is 3.79. The van der Waals surface area contributed by atoms with Gasteiger partial charge in [0, 0.05) is 17.5 Å². The number of carboxylic acids is 1. The van der Waals surface area contributed by atoms with Crippen LogP contribution in [0.5, 0.6) is 0 Å². The molecule has 0 aromatic heterocycles. The van der Waals surface area contributed by atoms with E-state index in [0.717, 1.165) is 5.56 Å². The summed E-state index contributed by atoms with van der Waals surface area (Å²) in [4.78, 5) is 22.0. The summed E-state index contributed by atoms with van der Waals surface area (Å²) >= 11 is 0. The molecule has 18 heavy (non-hydrogen) atoms. The van der Waals surface area contributed by atoms with Crippen LogP contribution in [0.15, 0.2) is 30.3 Å². The van der Waals surface area contributed by atoms with Crippen molar-refractivity contribution >= 4 is 11.9 Å². The molecule has 94 valence electrons. The van der Waals surface area contributed by atoms with E-state index in [0.29, 0.717) is 6.42 Å². The largest absolute Gasteiger partial charge is 0.481 e. The lowest BCUT2D eigenvalue weighted by molar-refractivity contribution is -0.137. The van der Waals surface area contributed by atoms with Crippen molar-refractivity contribution in [2.45, 2.75) is 25.8 Å². The first kappa shape index (κ1) is 13.8. The number of hydrogen-bond acceptors (Lipinski definition) is 2. The maximum absolute atomic E-state index is 11.5. The third kappa shape index (κ3) is 5.17. The second kappa shape index (κ2) is 7.13. The van der Waals surface area contributed by atoms with Crippen molar-refractivity contribution in [2.75, 3.05) is 0 Å². The minimum Gasteiger partial charge on any atom is -0.481 e. The molecule has 0 bridgehead atoms. The number of nitrogens with one attached hydrogen (secondary N) is 1. The molecule has 1 atom stereocenters. The number of amides is 1. The summed E-state index contributed by atoms with van der Waals surface area (Å²) in [5.74, 6) is 3.78. The normalized spacial score (nSPS) is 10.9. The molecule has 0 aliphatic rings. The average molecular weight is 245 g/mol. The minimum absolute atomic E-state index is 0.0880. The quantitative estimate of drug-likeness (QED) is 0.788. The van der Waals surface area contributed by atoms with Crippen LogP contribution in [0.25, 0.3) is 0 Å². The zero-order chi connectivity index (χ0) is 13.4. The Morgan fingerprint density at radius 2 is 2.00 bits per heavy atom. The zero-order valence-electron chi connectivity index (χ0n) is 10.1. The molecule has 1 amide bonds. The van der Waals surface area contributed by atoms with Crippen molar-refractivity contribution in [3.8, 4) is 11.8 Å². The summed E-state index contributed by atoms with van der Waals surface area (Å²) in [7, 11) is 0. The fraction of sp³-hybridized carbons (Fsp3) is 0.286. The lowest BCUT2D eigenvalue weighted by Crippen LogP contribution is -2.35. The molecule has 4 heteroatoms. The van der Waals surface area contributed by atoms with Crippen LogP contribution >= 0.6 is 0 Å². The Hall–Kier alpha value is -2.28. The SMILES string of the molecule is CCC(CC(=O)O)NC(=O)C#Cc1ccccc1. The molecule has 0 heterocycles. The molecule has 0 saturated heterocycles. The molecule has 1 rings (SSSR count). The van der Waals surface area contributed by atoms with Crippen molar-refractivity contribution in [3.63, 3.8) is 0 Å². The molecular weight excluding hydrogens is 230 g/mol. The number of hydrogen-bond donors (Lipinski definition) is 2. The first-order valence-corrected chi connectivity index (χ1v) is 5.71. The maximum Gasteiger partial charge on any atom is 0.305 e. The number of aliphatic carboxylic acids is 1. The number of carbonyl (C=O) groups is 2. The number of benzene rings is 1. The molecule has 0 fully saturated rings. The molecule has 4 nitrogen and oxygen atoms in total. The first-order chi connectivity index (χ1) is 8.61. The Morgan fingerprint density at radius 1 is 1.33 bits per heavy atom. The standard InChI is InChI=1S/C14H15NO3/c1-2-12(10-14(17)18)15-13(16)9-8-11-6-4-3-5-7-11/h3-7,12H,2,10H2,1H3,(H,15,16)(H,17,18). The van der Waals surface area contributed by atoms with E-state index in [9.17, 15) is 9.59 Å². The average Bonchev–Trinajstić information content (AvgIpc) is 2.36. The summed E-state index contributed by atoms with van der Waals surface area (Å²) in [6.45, 7) is 1.82. The molecule has 0 aliphatic carbocycles. The maximum atomic E-state index is 11.5. The predicted molar refractivity (Wildman–Crippen MR) is 67.8 cm³/mol. The van der Waals surface area contributed by atoms with Gasteiger partial charge in [0.1, 0.15) is 0 Å². The summed E-state index contributed by atoms with van der Waals surface area (Å²) < 4.78 is 0. The molecular formula is C14H15NO3. The van der Waals surface area contributed by atoms with Crippen LogP contribution < -0.4 is 5.32 Å². The summed E-state index contributed by atoms with van der Waals surface area (Å²) in [6, 6.07) is 8.76. The van der Waals surface area contributed by atoms with E-state index in [4.69, 9.17) is 5.11 Å². The van der Waals surface area contributed by atoms with Gasteiger partial charge in [0.15, 0.2) is 0 Å². The van der Waals surface area contributed by atoms with Crippen molar-refractivity contribution in [1.29, 1.82) is 0 Å². The van der Waals surface area contributed by atoms with Crippen LogP contribution in [0.1, 0.15) is 25.3 Å². The van der Waals surface area contributed by atoms with Crippen LogP contribution in [0.4, 0.5) is 0 Å². The Bertz CT molecular complexity index is 471. The highest BCUT2D eigenvalue weighted by atomic mass is 16.4. The Labute approximate surface area is 106 Å². The van der Waals surface area contributed by atoms with Crippen LogP contribution in [-0.2, 0) is 9.59 Å². The van der Waals surface area contributed by atoms with Gasteiger partial charge in [-0.1, -0.05) is 31.0 Å². The van der Waals surface area contributed by atoms with E-state index in [-0.39, 0.29) is 12.5 Å². The Morgan fingerprint density at radius 3 is 2.56 bits per heavy atom. The Kier molecular flexibility index (Phi) is 5.46. The van der Waals surface area contributed by atoms with Gasteiger partial charge in [-0.2, -0.15) is 0 Å². The molecule has 1 aromatic rings. The predicted octanol–water partition coefficient (Wildman–Crippen LogP) is 1.41. The molecule has 0 aliphatic heterocycles. The summed E-state index contributed by atoms with van der Waals surface area (Å²) in [6.07, 6.45) is 0.473. The molecule has 0 spiro atoms. The van der Waals surface area contributed by atoms with Gasteiger partial charge >= 0.3 is 5.97 Å². The lowest BCUT2D eigenvalue weighted by atomic mass is 10.1. The lowest BCUT2D eigenvalue weighted by Gasteiger charge is -2.11. The zero-order valence-corrected chi connectivity index (χ0v) is 10.1. The van der Waals surface area contributed by atoms with E-state index in [1.54, 1.807) is 12.1 Å². The van der Waals surface area contributed by atoms with Gasteiger partial charge in [-0.25, -0.2) is 0 Å². The van der Waals surface area contributed by atoms with Gasteiger partial charge in [0.2, 0.25) is 0 Å². The van der Waals surface area contributed by atoms with Gasteiger partial charge in [0.25, 0.3) is 5.91 Å². The van der Waals surface area contributed by atoms with Crippen molar-refractivity contribution < 1.29 is 14.7 Å². The molecule has 2 N–H and O–H groups in total. The van der Waals surface area contributed by atoms with E-state index in [2.05, 4.69) is 17.2 Å². The highest BCUT2D eigenvalue weighted by Gasteiger charge is 2.12.